The molecule has 0 aliphatic rings. The van der Waals surface area contributed by atoms with Crippen LogP contribution in [0.4, 0.5) is 0 Å². The SMILES string of the molecule is CC(C)=CCCC(C)=CCOc1cc(O)cc2oc(=O)ccc12. The van der Waals surface area contributed by atoms with Crippen LogP contribution in [0.15, 0.2) is 56.8 Å². The molecule has 0 spiro atoms. The quantitative estimate of drug-likeness (QED) is 0.627. The molecule has 0 fully saturated rings. The highest BCUT2D eigenvalue weighted by Crippen LogP contribution is 2.29. The lowest BCUT2D eigenvalue weighted by Crippen LogP contribution is -1.98. The molecule has 4 nitrogen and oxygen atoms in total. The van der Waals surface area contributed by atoms with Gasteiger partial charge in [0.15, 0.2) is 0 Å². The van der Waals surface area contributed by atoms with Crippen LogP contribution in [0.25, 0.3) is 11.0 Å². The Bertz CT molecular complexity index is 793. The van der Waals surface area contributed by atoms with Gasteiger partial charge in [0.2, 0.25) is 0 Å². The molecule has 23 heavy (non-hydrogen) atoms. The molecule has 0 aliphatic heterocycles. The summed E-state index contributed by atoms with van der Waals surface area (Å²) in [5.74, 6) is 0.503. The van der Waals surface area contributed by atoms with Gasteiger partial charge in [-0.2, -0.15) is 0 Å². The van der Waals surface area contributed by atoms with Crippen molar-refractivity contribution in [3.63, 3.8) is 0 Å². The molecular weight excluding hydrogens is 292 g/mol. The van der Waals surface area contributed by atoms with Gasteiger partial charge in [-0.25, -0.2) is 4.79 Å². The van der Waals surface area contributed by atoms with E-state index in [4.69, 9.17) is 9.15 Å². The van der Waals surface area contributed by atoms with Gasteiger partial charge in [-0.3, -0.25) is 0 Å². The Morgan fingerprint density at radius 2 is 2.00 bits per heavy atom. The molecule has 0 aliphatic carbocycles. The molecule has 4 heteroatoms. The van der Waals surface area contributed by atoms with E-state index >= 15 is 0 Å². The first kappa shape index (κ1) is 16.9. The van der Waals surface area contributed by atoms with Crippen LogP contribution in [0.5, 0.6) is 11.5 Å². The van der Waals surface area contributed by atoms with Crippen molar-refractivity contribution in [2.75, 3.05) is 6.61 Å². The number of benzene rings is 1. The van der Waals surface area contributed by atoms with E-state index in [1.165, 1.54) is 29.3 Å². The molecule has 1 aromatic carbocycles. The minimum Gasteiger partial charge on any atom is -0.508 e. The van der Waals surface area contributed by atoms with E-state index in [9.17, 15) is 9.90 Å². The first-order valence-corrected chi connectivity index (χ1v) is 7.64. The van der Waals surface area contributed by atoms with Gasteiger partial charge in [-0.15, -0.1) is 0 Å². The van der Waals surface area contributed by atoms with Gasteiger partial charge in [-0.1, -0.05) is 17.2 Å². The van der Waals surface area contributed by atoms with E-state index in [2.05, 4.69) is 26.8 Å². The summed E-state index contributed by atoms with van der Waals surface area (Å²) >= 11 is 0. The molecule has 1 N–H and O–H groups in total. The topological polar surface area (TPSA) is 59.7 Å². The number of allylic oxidation sites excluding steroid dienone is 3. The van der Waals surface area contributed by atoms with E-state index in [1.807, 2.05) is 6.08 Å². The van der Waals surface area contributed by atoms with Crippen LogP contribution in [0, 0.1) is 0 Å². The third-order valence-electron chi connectivity index (χ3n) is 3.45. The van der Waals surface area contributed by atoms with E-state index in [1.54, 1.807) is 6.07 Å². The summed E-state index contributed by atoms with van der Waals surface area (Å²) in [5, 5.41) is 10.4. The third kappa shape index (κ3) is 5.02. The standard InChI is InChI=1S/C19H22O4/c1-13(2)5-4-6-14(3)9-10-22-17-11-15(20)12-18-16(17)7-8-19(21)23-18/h5,7-9,11-12,20H,4,6,10H2,1-3H3. The first-order valence-electron chi connectivity index (χ1n) is 7.64. The zero-order valence-electron chi connectivity index (χ0n) is 13.8. The Morgan fingerprint density at radius 3 is 2.74 bits per heavy atom. The maximum absolute atomic E-state index is 11.3. The predicted octanol–water partition coefficient (Wildman–Crippen LogP) is 4.57. The second kappa shape index (κ2) is 7.68. The molecule has 0 amide bonds. The number of fused-ring (bicyclic) bond motifs is 1. The lowest BCUT2D eigenvalue weighted by Gasteiger charge is -2.08. The van der Waals surface area contributed by atoms with Crippen molar-refractivity contribution in [3.8, 4) is 11.5 Å². The highest BCUT2D eigenvalue weighted by molar-refractivity contribution is 5.84. The number of hydrogen-bond acceptors (Lipinski definition) is 4. The summed E-state index contributed by atoms with van der Waals surface area (Å²) in [6.07, 6.45) is 6.24. The van der Waals surface area contributed by atoms with Gasteiger partial charge in [-0.05, 0) is 45.8 Å². The molecule has 0 saturated carbocycles. The van der Waals surface area contributed by atoms with Crippen LogP contribution in [0.1, 0.15) is 33.6 Å². The highest BCUT2D eigenvalue weighted by Gasteiger charge is 2.07. The lowest BCUT2D eigenvalue weighted by molar-refractivity contribution is 0.362. The number of phenols is 1. The van der Waals surface area contributed by atoms with Crippen LogP contribution >= 0.6 is 0 Å². The molecule has 122 valence electrons. The van der Waals surface area contributed by atoms with Gasteiger partial charge < -0.3 is 14.3 Å². The summed E-state index contributed by atoms with van der Waals surface area (Å²) in [5.41, 5.74) is 2.43. The van der Waals surface area contributed by atoms with Crippen LogP contribution in [0.3, 0.4) is 0 Å². The van der Waals surface area contributed by atoms with Gasteiger partial charge in [0.25, 0.3) is 0 Å². The number of hydrogen-bond donors (Lipinski definition) is 1. The Labute approximate surface area is 135 Å². The highest BCUT2D eigenvalue weighted by atomic mass is 16.5. The average molecular weight is 314 g/mol. The number of ether oxygens (including phenoxy) is 1. The Morgan fingerprint density at radius 1 is 1.22 bits per heavy atom. The molecule has 0 atom stereocenters. The van der Waals surface area contributed by atoms with E-state index < -0.39 is 5.63 Å². The van der Waals surface area contributed by atoms with Crippen LogP contribution in [-0.4, -0.2) is 11.7 Å². The van der Waals surface area contributed by atoms with E-state index in [0.717, 1.165) is 12.8 Å². The van der Waals surface area contributed by atoms with Crippen molar-refractivity contribution in [3.05, 3.63) is 58.0 Å². The molecular formula is C19H22O4. The zero-order chi connectivity index (χ0) is 16.8. The number of aromatic hydroxyl groups is 1. The summed E-state index contributed by atoms with van der Waals surface area (Å²) in [7, 11) is 0. The van der Waals surface area contributed by atoms with Gasteiger partial charge in [0.05, 0.1) is 5.39 Å². The second-order valence-corrected chi connectivity index (χ2v) is 5.79. The Balaban J connectivity index is 2.07. The normalized spacial score (nSPS) is 11.5. The van der Waals surface area contributed by atoms with Crippen molar-refractivity contribution in [1.29, 1.82) is 0 Å². The summed E-state index contributed by atoms with van der Waals surface area (Å²) < 4.78 is 10.8. The molecule has 0 radical (unpaired) electrons. The van der Waals surface area contributed by atoms with Crippen LogP contribution in [-0.2, 0) is 0 Å². The third-order valence-corrected chi connectivity index (χ3v) is 3.45. The predicted molar refractivity (Wildman–Crippen MR) is 92.1 cm³/mol. The number of phenolic OH excluding ortho intramolecular Hbond substituents is 1. The molecule has 0 unspecified atom stereocenters. The maximum Gasteiger partial charge on any atom is 0.336 e. The van der Waals surface area contributed by atoms with Crippen molar-refractivity contribution < 1.29 is 14.3 Å². The minimum absolute atomic E-state index is 0.00566. The molecule has 2 aromatic rings. The number of rotatable bonds is 6. The minimum atomic E-state index is -0.455. The van der Waals surface area contributed by atoms with Crippen molar-refractivity contribution in [2.24, 2.45) is 0 Å². The van der Waals surface area contributed by atoms with Gasteiger partial charge >= 0.3 is 5.63 Å². The van der Waals surface area contributed by atoms with Gasteiger partial charge in [0.1, 0.15) is 23.7 Å². The fourth-order valence-electron chi connectivity index (χ4n) is 2.21. The monoisotopic (exact) mass is 314 g/mol. The summed E-state index contributed by atoms with van der Waals surface area (Å²) in [6, 6.07) is 5.91. The van der Waals surface area contributed by atoms with E-state index in [0.29, 0.717) is 23.3 Å². The van der Waals surface area contributed by atoms with Crippen molar-refractivity contribution >= 4 is 11.0 Å². The molecule has 2 rings (SSSR count). The van der Waals surface area contributed by atoms with E-state index in [-0.39, 0.29) is 5.75 Å². The average Bonchev–Trinajstić information content (AvgIpc) is 2.46. The maximum atomic E-state index is 11.3. The lowest BCUT2D eigenvalue weighted by atomic mass is 10.1. The van der Waals surface area contributed by atoms with Crippen LogP contribution < -0.4 is 10.4 Å². The van der Waals surface area contributed by atoms with Gasteiger partial charge in [0, 0.05) is 18.2 Å². The molecule has 0 saturated heterocycles. The molecule has 1 aromatic heterocycles. The largest absolute Gasteiger partial charge is 0.508 e. The summed E-state index contributed by atoms with van der Waals surface area (Å²) in [6.45, 7) is 6.65. The molecule has 1 heterocycles. The Hall–Kier alpha value is -2.49. The first-order chi connectivity index (χ1) is 11.0. The van der Waals surface area contributed by atoms with Crippen molar-refractivity contribution in [2.45, 2.75) is 33.6 Å². The smallest absolute Gasteiger partial charge is 0.336 e. The fraction of sp³-hybridized carbons (Fsp3) is 0.316. The van der Waals surface area contributed by atoms with Crippen LogP contribution in [0.2, 0.25) is 0 Å². The molecule has 0 bridgehead atoms. The Kier molecular flexibility index (Phi) is 5.63. The second-order valence-electron chi connectivity index (χ2n) is 5.79. The van der Waals surface area contributed by atoms with Crippen molar-refractivity contribution in [1.82, 2.24) is 0 Å². The fourth-order valence-corrected chi connectivity index (χ4v) is 2.21. The summed E-state index contributed by atoms with van der Waals surface area (Å²) in [4.78, 5) is 11.3. The zero-order valence-corrected chi connectivity index (χ0v) is 13.8.